The first-order chi connectivity index (χ1) is 12.2. The van der Waals surface area contributed by atoms with E-state index in [1.54, 1.807) is 24.3 Å². The van der Waals surface area contributed by atoms with E-state index < -0.39 is 29.0 Å². The lowest BCUT2D eigenvalue weighted by molar-refractivity contribution is -0.140. The van der Waals surface area contributed by atoms with E-state index in [0.717, 1.165) is 4.68 Å². The number of nitrogens with zero attached hydrogens (tertiary/aromatic N) is 2. The Bertz CT molecular complexity index is 984. The Balaban J connectivity index is 2.40. The zero-order valence-electron chi connectivity index (χ0n) is 12.9. The molecule has 0 radical (unpaired) electrons. The smallest absolute Gasteiger partial charge is 0.364 e. The molecule has 1 aromatic heterocycles. The Morgan fingerprint density at radius 1 is 1.12 bits per heavy atom. The van der Waals surface area contributed by atoms with Crippen molar-refractivity contribution in [2.45, 2.75) is 6.18 Å². The molecule has 0 atom stereocenters. The van der Waals surface area contributed by atoms with Crippen LogP contribution in [0.4, 0.5) is 13.2 Å². The number of hydrogen-bond donors (Lipinski definition) is 1. The van der Waals surface area contributed by atoms with Gasteiger partial charge >= 0.3 is 6.18 Å². The van der Waals surface area contributed by atoms with Crippen LogP contribution in [0.2, 0.25) is 5.02 Å². The summed E-state index contributed by atoms with van der Waals surface area (Å²) in [4.78, 5) is 12.0. The molecule has 0 fully saturated rings. The number of carbonyl (C=O) groups excluding carboxylic acids is 1. The van der Waals surface area contributed by atoms with Crippen LogP contribution in [0.1, 0.15) is 16.2 Å². The molecular weight excluding hydrogens is 435 g/mol. The number of hydrogen-bond acceptors (Lipinski definition) is 2. The van der Waals surface area contributed by atoms with Gasteiger partial charge in [-0.25, -0.2) is 4.68 Å². The number of para-hydroxylation sites is 1. The number of alkyl halides is 3. The summed E-state index contributed by atoms with van der Waals surface area (Å²) in [6.45, 7) is 0. The molecule has 0 bridgehead atoms. The van der Waals surface area contributed by atoms with E-state index in [2.05, 4.69) is 21.0 Å². The second kappa shape index (κ2) is 6.77. The molecule has 0 aliphatic rings. The molecule has 134 valence electrons. The van der Waals surface area contributed by atoms with Gasteiger partial charge in [-0.15, -0.1) is 0 Å². The molecule has 3 aromatic rings. The van der Waals surface area contributed by atoms with Crippen LogP contribution in [0.25, 0.3) is 16.8 Å². The molecule has 2 N–H and O–H groups in total. The summed E-state index contributed by atoms with van der Waals surface area (Å²) in [6.07, 6.45) is -4.79. The summed E-state index contributed by atoms with van der Waals surface area (Å²) in [5, 5.41) is 3.76. The van der Waals surface area contributed by atoms with Crippen molar-refractivity contribution in [2.75, 3.05) is 0 Å². The maximum Gasteiger partial charge on any atom is 0.435 e. The highest BCUT2D eigenvalue weighted by molar-refractivity contribution is 9.10. The quantitative estimate of drug-likeness (QED) is 0.613. The van der Waals surface area contributed by atoms with Gasteiger partial charge in [-0.05, 0) is 29.8 Å². The average Bonchev–Trinajstić information content (AvgIpc) is 2.97. The predicted octanol–water partition coefficient (Wildman–Crippen LogP) is 5.07. The standard InChI is InChI=1S/C17H10BrClF3N3O/c18-10-7-5-9(6-8-10)13-14(16(23)26)25(24-15(13)17(20,21)22)12-4-2-1-3-11(12)19/h1-8H,(H2,23,26). The minimum atomic E-state index is -4.79. The molecule has 4 nitrogen and oxygen atoms in total. The van der Waals surface area contributed by atoms with Gasteiger partial charge in [0.2, 0.25) is 0 Å². The van der Waals surface area contributed by atoms with E-state index in [1.807, 2.05) is 0 Å². The van der Waals surface area contributed by atoms with E-state index in [9.17, 15) is 18.0 Å². The minimum absolute atomic E-state index is 0.122. The fourth-order valence-corrected chi connectivity index (χ4v) is 3.01. The van der Waals surface area contributed by atoms with Gasteiger partial charge in [0.1, 0.15) is 5.69 Å². The molecule has 0 spiro atoms. The van der Waals surface area contributed by atoms with Gasteiger partial charge in [-0.1, -0.05) is 51.8 Å². The molecule has 2 aromatic carbocycles. The molecule has 26 heavy (non-hydrogen) atoms. The molecule has 1 amide bonds. The number of aromatic nitrogens is 2. The highest BCUT2D eigenvalue weighted by atomic mass is 79.9. The van der Waals surface area contributed by atoms with Crippen LogP contribution < -0.4 is 5.73 Å². The van der Waals surface area contributed by atoms with Gasteiger partial charge in [0.25, 0.3) is 5.91 Å². The number of halogens is 5. The summed E-state index contributed by atoms with van der Waals surface area (Å²) in [7, 11) is 0. The van der Waals surface area contributed by atoms with Crippen LogP contribution >= 0.6 is 27.5 Å². The Kier molecular flexibility index (Phi) is 4.81. The molecule has 0 saturated carbocycles. The molecule has 9 heteroatoms. The summed E-state index contributed by atoms with van der Waals surface area (Å²) < 4.78 is 42.4. The van der Waals surface area contributed by atoms with Crippen LogP contribution in [0.5, 0.6) is 0 Å². The van der Waals surface area contributed by atoms with E-state index in [-0.39, 0.29) is 16.3 Å². The second-order valence-corrected chi connectivity index (χ2v) is 6.63. The first kappa shape index (κ1) is 18.5. The molecule has 1 heterocycles. The second-order valence-electron chi connectivity index (χ2n) is 5.30. The molecule has 0 saturated heterocycles. The van der Waals surface area contributed by atoms with E-state index in [1.165, 1.54) is 24.3 Å². The molecule has 0 aliphatic heterocycles. The summed E-state index contributed by atoms with van der Waals surface area (Å²) in [5.41, 5.74) is 3.69. The normalized spacial score (nSPS) is 11.6. The van der Waals surface area contributed by atoms with Crippen LogP contribution in [-0.2, 0) is 6.18 Å². The van der Waals surface area contributed by atoms with Gasteiger partial charge < -0.3 is 5.73 Å². The topological polar surface area (TPSA) is 60.9 Å². The van der Waals surface area contributed by atoms with Crippen molar-refractivity contribution in [1.29, 1.82) is 0 Å². The number of nitrogens with two attached hydrogens (primary N) is 1. The zero-order valence-corrected chi connectivity index (χ0v) is 15.2. The summed E-state index contributed by atoms with van der Waals surface area (Å²) in [5.74, 6) is -1.05. The summed E-state index contributed by atoms with van der Waals surface area (Å²) >= 11 is 9.30. The number of carbonyl (C=O) groups is 1. The van der Waals surface area contributed by atoms with Crippen molar-refractivity contribution < 1.29 is 18.0 Å². The van der Waals surface area contributed by atoms with Crippen molar-refractivity contribution >= 4 is 33.4 Å². The van der Waals surface area contributed by atoms with Crippen molar-refractivity contribution in [2.24, 2.45) is 5.73 Å². The van der Waals surface area contributed by atoms with Crippen molar-refractivity contribution in [3.05, 3.63) is 69.4 Å². The SMILES string of the molecule is NC(=O)c1c(-c2ccc(Br)cc2)c(C(F)(F)F)nn1-c1ccccc1Cl. The van der Waals surface area contributed by atoms with E-state index >= 15 is 0 Å². The first-order valence-electron chi connectivity index (χ1n) is 7.21. The Morgan fingerprint density at radius 3 is 2.27 bits per heavy atom. The first-order valence-corrected chi connectivity index (χ1v) is 8.38. The zero-order chi connectivity index (χ0) is 19.1. The van der Waals surface area contributed by atoms with Crippen LogP contribution in [0.15, 0.2) is 53.0 Å². The fourth-order valence-electron chi connectivity index (χ4n) is 2.53. The van der Waals surface area contributed by atoms with Crippen molar-refractivity contribution in [1.82, 2.24) is 9.78 Å². The fraction of sp³-hybridized carbons (Fsp3) is 0.0588. The maximum absolute atomic E-state index is 13.6. The predicted molar refractivity (Wildman–Crippen MR) is 95.2 cm³/mol. The number of amides is 1. The lowest BCUT2D eigenvalue weighted by atomic mass is 10.0. The molecule has 3 rings (SSSR count). The summed E-state index contributed by atoms with van der Waals surface area (Å²) in [6, 6.07) is 12.1. The third kappa shape index (κ3) is 3.34. The van der Waals surface area contributed by atoms with E-state index in [0.29, 0.717) is 4.47 Å². The molecule has 0 aliphatic carbocycles. The van der Waals surface area contributed by atoms with Crippen LogP contribution in [0.3, 0.4) is 0 Å². The third-order valence-corrected chi connectivity index (χ3v) is 4.45. The van der Waals surface area contributed by atoms with Crippen LogP contribution in [-0.4, -0.2) is 15.7 Å². The Morgan fingerprint density at radius 2 is 1.73 bits per heavy atom. The Labute approximate surface area is 159 Å². The highest BCUT2D eigenvalue weighted by Gasteiger charge is 2.41. The Hall–Kier alpha value is -2.32. The van der Waals surface area contributed by atoms with Gasteiger partial charge in [-0.2, -0.15) is 18.3 Å². The van der Waals surface area contributed by atoms with Crippen molar-refractivity contribution in [3.8, 4) is 16.8 Å². The van der Waals surface area contributed by atoms with Gasteiger partial charge in [-0.3, -0.25) is 4.79 Å². The number of benzene rings is 2. The third-order valence-electron chi connectivity index (χ3n) is 3.60. The van der Waals surface area contributed by atoms with Gasteiger partial charge in [0, 0.05) is 10.0 Å². The number of rotatable bonds is 3. The monoisotopic (exact) mass is 443 g/mol. The number of primary amides is 1. The highest BCUT2D eigenvalue weighted by Crippen LogP contribution is 2.40. The lowest BCUT2D eigenvalue weighted by Gasteiger charge is -2.09. The molecular formula is C17H10BrClF3N3O. The largest absolute Gasteiger partial charge is 0.435 e. The van der Waals surface area contributed by atoms with Crippen molar-refractivity contribution in [3.63, 3.8) is 0 Å². The minimum Gasteiger partial charge on any atom is -0.364 e. The average molecular weight is 445 g/mol. The van der Waals surface area contributed by atoms with Crippen LogP contribution in [0, 0.1) is 0 Å². The molecule has 0 unspecified atom stereocenters. The maximum atomic E-state index is 13.6. The van der Waals surface area contributed by atoms with E-state index in [4.69, 9.17) is 17.3 Å². The van der Waals surface area contributed by atoms with Gasteiger partial charge in [0.05, 0.1) is 10.7 Å². The lowest BCUT2D eigenvalue weighted by Crippen LogP contribution is -2.18. The van der Waals surface area contributed by atoms with Gasteiger partial charge in [0.15, 0.2) is 5.69 Å².